The SMILES string of the molecule is CC(OC(C[O])c1ccccc1)c1ccccc1. The van der Waals surface area contributed by atoms with Gasteiger partial charge in [-0.1, -0.05) is 60.7 Å². The lowest BCUT2D eigenvalue weighted by atomic mass is 10.1. The zero-order valence-electron chi connectivity index (χ0n) is 10.5. The van der Waals surface area contributed by atoms with Crippen LogP contribution in [-0.2, 0) is 9.84 Å². The van der Waals surface area contributed by atoms with Crippen LogP contribution in [-0.4, -0.2) is 6.61 Å². The Kier molecular flexibility index (Phi) is 4.51. The molecule has 2 aromatic carbocycles. The molecule has 0 aliphatic carbocycles. The van der Waals surface area contributed by atoms with Crippen LogP contribution in [0.5, 0.6) is 0 Å². The first kappa shape index (κ1) is 12.8. The summed E-state index contributed by atoms with van der Waals surface area (Å²) in [4.78, 5) is 0. The van der Waals surface area contributed by atoms with Crippen LogP contribution >= 0.6 is 0 Å². The minimum atomic E-state index is -0.388. The molecule has 0 spiro atoms. The summed E-state index contributed by atoms with van der Waals surface area (Å²) >= 11 is 0. The standard InChI is InChI=1S/C16H17O2/c1-13(14-8-4-2-5-9-14)18-16(12-17)15-10-6-3-7-11-15/h2-11,13,16H,12H2,1H3. The molecule has 0 N–H and O–H groups in total. The van der Waals surface area contributed by atoms with Gasteiger partial charge in [0.1, 0.15) is 12.7 Å². The third kappa shape index (κ3) is 3.19. The summed E-state index contributed by atoms with van der Waals surface area (Å²) in [5, 5.41) is 11.3. The normalized spacial score (nSPS) is 14.1. The minimum Gasteiger partial charge on any atom is -0.363 e. The molecule has 0 saturated heterocycles. The van der Waals surface area contributed by atoms with Crippen molar-refractivity contribution in [2.45, 2.75) is 19.1 Å². The second-order valence-electron chi connectivity index (χ2n) is 4.25. The van der Waals surface area contributed by atoms with Crippen LogP contribution in [0.4, 0.5) is 0 Å². The Balaban J connectivity index is 2.07. The predicted molar refractivity (Wildman–Crippen MR) is 70.7 cm³/mol. The molecule has 0 saturated carbocycles. The monoisotopic (exact) mass is 241 g/mol. The molecule has 2 atom stereocenters. The van der Waals surface area contributed by atoms with Gasteiger partial charge in [-0.2, -0.15) is 0 Å². The van der Waals surface area contributed by atoms with Crippen LogP contribution in [0, 0.1) is 0 Å². The van der Waals surface area contributed by atoms with Gasteiger partial charge in [-0.05, 0) is 18.1 Å². The van der Waals surface area contributed by atoms with Gasteiger partial charge in [-0.3, -0.25) is 0 Å². The van der Waals surface area contributed by atoms with Crippen LogP contribution in [0.15, 0.2) is 60.7 Å². The van der Waals surface area contributed by atoms with Crippen molar-refractivity contribution in [3.63, 3.8) is 0 Å². The van der Waals surface area contributed by atoms with Gasteiger partial charge in [0.2, 0.25) is 0 Å². The topological polar surface area (TPSA) is 29.1 Å². The maximum absolute atomic E-state index is 11.3. The number of hydrogen-bond acceptors (Lipinski definition) is 1. The minimum absolute atomic E-state index is 0.0784. The first-order chi connectivity index (χ1) is 8.81. The molecule has 2 unspecified atom stereocenters. The highest BCUT2D eigenvalue weighted by Crippen LogP contribution is 2.25. The van der Waals surface area contributed by atoms with Crippen molar-refractivity contribution in [1.29, 1.82) is 0 Å². The van der Waals surface area contributed by atoms with Gasteiger partial charge in [0.15, 0.2) is 0 Å². The van der Waals surface area contributed by atoms with Crippen molar-refractivity contribution in [2.24, 2.45) is 0 Å². The second kappa shape index (κ2) is 6.34. The van der Waals surface area contributed by atoms with E-state index in [0.29, 0.717) is 0 Å². The van der Waals surface area contributed by atoms with Crippen LogP contribution in [0.1, 0.15) is 30.3 Å². The molecule has 93 valence electrons. The predicted octanol–water partition coefficient (Wildman–Crippen LogP) is 3.94. The average Bonchev–Trinajstić information content (AvgIpc) is 2.46. The lowest BCUT2D eigenvalue weighted by Crippen LogP contribution is -2.11. The summed E-state index contributed by atoms with van der Waals surface area (Å²) < 4.78 is 5.86. The van der Waals surface area contributed by atoms with E-state index in [-0.39, 0.29) is 18.8 Å². The van der Waals surface area contributed by atoms with Crippen LogP contribution in [0.2, 0.25) is 0 Å². The van der Waals surface area contributed by atoms with Gasteiger partial charge in [0.05, 0.1) is 6.10 Å². The highest BCUT2D eigenvalue weighted by atomic mass is 16.5. The van der Waals surface area contributed by atoms with Crippen molar-refractivity contribution in [2.75, 3.05) is 6.61 Å². The van der Waals surface area contributed by atoms with Crippen molar-refractivity contribution >= 4 is 0 Å². The summed E-state index contributed by atoms with van der Waals surface area (Å²) in [7, 11) is 0. The first-order valence-electron chi connectivity index (χ1n) is 6.14. The fraction of sp³-hybridized carbons (Fsp3) is 0.250. The fourth-order valence-corrected chi connectivity index (χ4v) is 1.93. The second-order valence-corrected chi connectivity index (χ2v) is 4.25. The smallest absolute Gasteiger partial charge is 0.113 e. The van der Waals surface area contributed by atoms with E-state index >= 15 is 0 Å². The molecule has 18 heavy (non-hydrogen) atoms. The van der Waals surface area contributed by atoms with Crippen LogP contribution in [0.25, 0.3) is 0 Å². The zero-order chi connectivity index (χ0) is 12.8. The van der Waals surface area contributed by atoms with E-state index in [1.54, 1.807) is 0 Å². The molecular weight excluding hydrogens is 224 g/mol. The summed E-state index contributed by atoms with van der Waals surface area (Å²) in [6.07, 6.45) is -0.466. The quantitative estimate of drug-likeness (QED) is 0.779. The molecule has 2 heteroatoms. The highest BCUT2D eigenvalue weighted by molar-refractivity contribution is 5.19. The molecule has 0 aliphatic heterocycles. The van der Waals surface area contributed by atoms with E-state index in [9.17, 15) is 5.11 Å². The van der Waals surface area contributed by atoms with E-state index in [0.717, 1.165) is 11.1 Å². The van der Waals surface area contributed by atoms with E-state index in [4.69, 9.17) is 4.74 Å². The van der Waals surface area contributed by atoms with E-state index in [2.05, 4.69) is 0 Å². The first-order valence-corrected chi connectivity index (χ1v) is 6.14. The van der Waals surface area contributed by atoms with E-state index < -0.39 is 0 Å². The molecule has 0 heterocycles. The molecule has 2 rings (SSSR count). The largest absolute Gasteiger partial charge is 0.363 e. The Morgan fingerprint density at radius 1 is 0.889 bits per heavy atom. The van der Waals surface area contributed by atoms with Crippen molar-refractivity contribution in [3.05, 3.63) is 71.8 Å². The third-order valence-electron chi connectivity index (χ3n) is 2.96. The molecule has 0 aromatic heterocycles. The molecular formula is C16H17O2. The van der Waals surface area contributed by atoms with Gasteiger partial charge in [0, 0.05) is 0 Å². The van der Waals surface area contributed by atoms with E-state index in [1.165, 1.54) is 0 Å². The molecule has 0 bridgehead atoms. The van der Waals surface area contributed by atoms with Gasteiger partial charge < -0.3 is 4.74 Å². The summed E-state index contributed by atoms with van der Waals surface area (Å²) in [5.41, 5.74) is 2.03. The van der Waals surface area contributed by atoms with E-state index in [1.807, 2.05) is 67.6 Å². The van der Waals surface area contributed by atoms with Gasteiger partial charge in [-0.15, -0.1) is 0 Å². The Morgan fingerprint density at radius 2 is 1.39 bits per heavy atom. The maximum Gasteiger partial charge on any atom is 0.113 e. The molecule has 0 aliphatic rings. The Morgan fingerprint density at radius 3 is 1.89 bits per heavy atom. The van der Waals surface area contributed by atoms with Crippen molar-refractivity contribution in [3.8, 4) is 0 Å². The summed E-state index contributed by atoms with van der Waals surface area (Å²) in [6.45, 7) is 1.71. The average molecular weight is 241 g/mol. The summed E-state index contributed by atoms with van der Waals surface area (Å²) in [6, 6.07) is 19.6. The van der Waals surface area contributed by atoms with Gasteiger partial charge >= 0.3 is 0 Å². The lowest BCUT2D eigenvalue weighted by Gasteiger charge is -2.21. The maximum atomic E-state index is 11.3. The lowest BCUT2D eigenvalue weighted by molar-refractivity contribution is -0.0501. The number of benzene rings is 2. The molecule has 0 amide bonds. The highest BCUT2D eigenvalue weighted by Gasteiger charge is 2.16. The fourth-order valence-electron chi connectivity index (χ4n) is 1.93. The van der Waals surface area contributed by atoms with Crippen molar-refractivity contribution < 1.29 is 9.84 Å². The number of ether oxygens (including phenoxy) is 1. The molecule has 2 nitrogen and oxygen atoms in total. The molecule has 0 fully saturated rings. The summed E-state index contributed by atoms with van der Waals surface area (Å²) in [5.74, 6) is 0. The third-order valence-corrected chi connectivity index (χ3v) is 2.96. The molecule has 2 aromatic rings. The van der Waals surface area contributed by atoms with Gasteiger partial charge in [-0.25, -0.2) is 5.11 Å². The zero-order valence-corrected chi connectivity index (χ0v) is 10.5. The Labute approximate surface area is 108 Å². The van der Waals surface area contributed by atoms with Crippen molar-refractivity contribution in [1.82, 2.24) is 0 Å². The molecule has 1 radical (unpaired) electrons. The number of hydrogen-bond donors (Lipinski definition) is 0. The number of rotatable bonds is 5. The Hall–Kier alpha value is -1.64. The Bertz CT molecular complexity index is 453. The van der Waals surface area contributed by atoms with Gasteiger partial charge in [0.25, 0.3) is 0 Å². The van der Waals surface area contributed by atoms with Crippen LogP contribution < -0.4 is 0 Å². The van der Waals surface area contributed by atoms with Crippen LogP contribution in [0.3, 0.4) is 0 Å².